The van der Waals surface area contributed by atoms with Crippen LogP contribution in [0.3, 0.4) is 0 Å². The lowest BCUT2D eigenvalue weighted by Crippen LogP contribution is -2.30. The molecule has 0 amide bonds. The van der Waals surface area contributed by atoms with Crippen LogP contribution in [0.5, 0.6) is 0 Å². The molecule has 1 atom stereocenters. The number of carbonyl (C=O) groups excluding carboxylic acids is 3. The topological polar surface area (TPSA) is 78.9 Å². The molecule has 0 bridgehead atoms. The Morgan fingerprint density at radius 2 is 0.450 bits per heavy atom. The first kappa shape index (κ1) is 77.1. The fourth-order valence-corrected chi connectivity index (χ4v) is 10.4. The molecule has 0 aromatic rings. The largest absolute Gasteiger partial charge is 0.462 e. The Hall–Kier alpha value is -2.89. The van der Waals surface area contributed by atoms with Crippen LogP contribution in [0.4, 0.5) is 0 Å². The van der Waals surface area contributed by atoms with Crippen molar-refractivity contribution in [1.82, 2.24) is 0 Å². The van der Waals surface area contributed by atoms with Crippen molar-refractivity contribution in [3.63, 3.8) is 0 Å². The third-order valence-corrected chi connectivity index (χ3v) is 15.7. The summed E-state index contributed by atoms with van der Waals surface area (Å²) in [5, 5.41) is 0. The zero-order chi connectivity index (χ0) is 57.8. The number of unbranched alkanes of at least 4 members (excludes halogenated alkanes) is 44. The van der Waals surface area contributed by atoms with Crippen LogP contribution < -0.4 is 0 Å². The summed E-state index contributed by atoms with van der Waals surface area (Å²) in [4.78, 5) is 38.4. The van der Waals surface area contributed by atoms with Gasteiger partial charge < -0.3 is 14.2 Å². The highest BCUT2D eigenvalue weighted by Crippen LogP contribution is 2.17. The van der Waals surface area contributed by atoms with E-state index in [9.17, 15) is 14.4 Å². The molecule has 0 N–H and O–H groups in total. The van der Waals surface area contributed by atoms with Gasteiger partial charge in [-0.3, -0.25) is 14.4 Å². The van der Waals surface area contributed by atoms with Crippen LogP contribution in [0, 0.1) is 0 Å². The van der Waals surface area contributed by atoms with Crippen LogP contribution in [0.15, 0.2) is 60.8 Å². The van der Waals surface area contributed by atoms with Gasteiger partial charge in [0.05, 0.1) is 0 Å². The molecule has 6 heteroatoms. The maximum Gasteiger partial charge on any atom is 0.306 e. The predicted octanol–water partition coefficient (Wildman–Crippen LogP) is 24.3. The molecule has 0 aliphatic heterocycles. The monoisotopic (exact) mass is 1120 g/mol. The van der Waals surface area contributed by atoms with E-state index in [-0.39, 0.29) is 31.1 Å². The van der Waals surface area contributed by atoms with Crippen LogP contribution in [0.1, 0.15) is 374 Å². The number of rotatable bonds is 65. The molecule has 0 spiro atoms. The van der Waals surface area contributed by atoms with Crippen molar-refractivity contribution in [2.24, 2.45) is 0 Å². The average Bonchev–Trinajstić information content (AvgIpc) is 3.46. The minimum absolute atomic E-state index is 0.0749. The first-order chi connectivity index (χ1) is 39.5. The van der Waals surface area contributed by atoms with Crippen LogP contribution in [-0.2, 0) is 28.6 Å². The molecule has 6 nitrogen and oxygen atoms in total. The molecule has 0 aliphatic rings. The fraction of sp³-hybridized carbons (Fsp3) is 0.824. The van der Waals surface area contributed by atoms with Gasteiger partial charge in [0, 0.05) is 19.3 Å². The quantitative estimate of drug-likeness (QED) is 0.0261. The zero-order valence-corrected chi connectivity index (χ0v) is 53.6. The second-order valence-corrected chi connectivity index (χ2v) is 23.8. The molecule has 0 saturated heterocycles. The Morgan fingerprint density at radius 3 is 0.713 bits per heavy atom. The SMILES string of the molecule is CCCCCCC/C=C\C/C=C\C/C=C\CCCCCCCCCCCCCCCCC(=O)OCC(COC(=O)CCCCCCC/C=C\CCCCCCC)OC(=O)CCCCCCCCCCC/C=C\CCCCCCCC. The third-order valence-electron chi connectivity index (χ3n) is 15.7. The highest BCUT2D eigenvalue weighted by molar-refractivity contribution is 5.71. The molecule has 80 heavy (non-hydrogen) atoms. The normalized spacial score (nSPS) is 12.4. The number of esters is 3. The molecular weight excluding hydrogens is 985 g/mol. The van der Waals surface area contributed by atoms with E-state index >= 15 is 0 Å². The maximum atomic E-state index is 12.9. The van der Waals surface area contributed by atoms with Crippen molar-refractivity contribution >= 4 is 17.9 Å². The van der Waals surface area contributed by atoms with E-state index in [4.69, 9.17) is 14.2 Å². The van der Waals surface area contributed by atoms with Crippen LogP contribution >= 0.6 is 0 Å². The van der Waals surface area contributed by atoms with Gasteiger partial charge in [0.1, 0.15) is 13.2 Å². The van der Waals surface area contributed by atoms with E-state index in [1.807, 2.05) is 0 Å². The summed E-state index contributed by atoms with van der Waals surface area (Å²) in [7, 11) is 0. The van der Waals surface area contributed by atoms with Crippen LogP contribution in [0.2, 0.25) is 0 Å². The molecule has 0 aromatic carbocycles. The van der Waals surface area contributed by atoms with E-state index in [1.54, 1.807) is 0 Å². The Bertz CT molecular complexity index is 1430. The lowest BCUT2D eigenvalue weighted by molar-refractivity contribution is -0.167. The minimum atomic E-state index is -0.779. The van der Waals surface area contributed by atoms with Crippen molar-refractivity contribution in [2.45, 2.75) is 380 Å². The first-order valence-electron chi connectivity index (χ1n) is 35.3. The molecule has 0 aromatic heterocycles. The molecule has 0 rings (SSSR count). The summed E-state index contributed by atoms with van der Waals surface area (Å²) in [6.07, 6.45) is 88.2. The Labute approximate surface area is 498 Å². The van der Waals surface area contributed by atoms with Crippen molar-refractivity contribution in [1.29, 1.82) is 0 Å². The maximum absolute atomic E-state index is 12.9. The van der Waals surface area contributed by atoms with E-state index in [1.165, 1.54) is 257 Å². The summed E-state index contributed by atoms with van der Waals surface area (Å²) in [6, 6.07) is 0. The lowest BCUT2D eigenvalue weighted by Gasteiger charge is -2.18. The van der Waals surface area contributed by atoms with E-state index in [0.717, 1.165) is 77.0 Å². The number of hydrogen-bond donors (Lipinski definition) is 0. The van der Waals surface area contributed by atoms with Gasteiger partial charge >= 0.3 is 17.9 Å². The lowest BCUT2D eigenvalue weighted by atomic mass is 10.0. The van der Waals surface area contributed by atoms with Crippen molar-refractivity contribution in [3.8, 4) is 0 Å². The highest BCUT2D eigenvalue weighted by atomic mass is 16.6. The van der Waals surface area contributed by atoms with Gasteiger partial charge in [-0.1, -0.05) is 306 Å². The van der Waals surface area contributed by atoms with Crippen molar-refractivity contribution < 1.29 is 28.6 Å². The van der Waals surface area contributed by atoms with Gasteiger partial charge in [-0.05, 0) is 109 Å². The summed E-state index contributed by atoms with van der Waals surface area (Å²) in [6.45, 7) is 6.66. The van der Waals surface area contributed by atoms with E-state index in [0.29, 0.717) is 19.3 Å². The molecule has 0 radical (unpaired) electrons. The second-order valence-electron chi connectivity index (χ2n) is 23.8. The second kappa shape index (κ2) is 68.6. The van der Waals surface area contributed by atoms with E-state index in [2.05, 4.69) is 81.5 Å². The van der Waals surface area contributed by atoms with Gasteiger partial charge in [0.15, 0.2) is 6.10 Å². The molecular formula is C74H134O6. The molecule has 0 fully saturated rings. The summed E-state index contributed by atoms with van der Waals surface area (Å²) in [5.74, 6) is -0.865. The van der Waals surface area contributed by atoms with Crippen molar-refractivity contribution in [3.05, 3.63) is 60.8 Å². The molecule has 466 valence electrons. The smallest absolute Gasteiger partial charge is 0.306 e. The van der Waals surface area contributed by atoms with Crippen LogP contribution in [0.25, 0.3) is 0 Å². The summed E-state index contributed by atoms with van der Waals surface area (Å²) >= 11 is 0. The highest BCUT2D eigenvalue weighted by Gasteiger charge is 2.19. The fourth-order valence-electron chi connectivity index (χ4n) is 10.4. The zero-order valence-electron chi connectivity index (χ0n) is 53.6. The van der Waals surface area contributed by atoms with Gasteiger partial charge in [0.2, 0.25) is 0 Å². The number of hydrogen-bond acceptors (Lipinski definition) is 6. The minimum Gasteiger partial charge on any atom is -0.462 e. The number of allylic oxidation sites excluding steroid dienone is 10. The van der Waals surface area contributed by atoms with E-state index < -0.39 is 6.10 Å². The number of carbonyl (C=O) groups is 3. The predicted molar refractivity (Wildman–Crippen MR) is 348 cm³/mol. The summed E-state index contributed by atoms with van der Waals surface area (Å²) < 4.78 is 17.0. The number of ether oxygens (including phenoxy) is 3. The van der Waals surface area contributed by atoms with Crippen LogP contribution in [-0.4, -0.2) is 37.2 Å². The summed E-state index contributed by atoms with van der Waals surface area (Å²) in [5.41, 5.74) is 0. The van der Waals surface area contributed by atoms with Gasteiger partial charge in [0.25, 0.3) is 0 Å². The Kier molecular flexibility index (Phi) is 66.1. The molecule has 1 unspecified atom stereocenters. The van der Waals surface area contributed by atoms with Crippen molar-refractivity contribution in [2.75, 3.05) is 13.2 Å². The Morgan fingerprint density at radius 1 is 0.250 bits per heavy atom. The van der Waals surface area contributed by atoms with Gasteiger partial charge in [-0.2, -0.15) is 0 Å². The van der Waals surface area contributed by atoms with Gasteiger partial charge in [-0.25, -0.2) is 0 Å². The Balaban J connectivity index is 4.24. The molecule has 0 heterocycles. The standard InChI is InChI=1S/C74H134O6/c1-4-7-10-13-16-19-22-25-28-30-32-33-34-35-36-37-38-39-40-41-43-44-46-49-52-55-58-61-64-67-73(76)79-70-71(69-78-72(75)66-63-60-57-54-51-48-27-24-21-18-15-12-9-6-3)80-74(77)68-65-62-59-56-53-50-47-45-42-31-29-26-23-20-17-14-11-8-5-2/h22,24-27,29-30,32,34-35,71H,4-21,23,28,31,33,36-70H2,1-3H3/b25-22-,27-24-,29-26-,32-30-,35-34-. The molecule has 0 saturated carbocycles. The third kappa shape index (κ3) is 65.9. The average molecular weight is 1120 g/mol. The first-order valence-corrected chi connectivity index (χ1v) is 35.3. The van der Waals surface area contributed by atoms with Gasteiger partial charge in [-0.15, -0.1) is 0 Å². The molecule has 0 aliphatic carbocycles.